The van der Waals surface area contributed by atoms with E-state index in [1.807, 2.05) is 13.0 Å². The number of hydrogen-bond acceptors (Lipinski definition) is 5. The fraction of sp³-hybridized carbons (Fsp3) is 0.421. The number of para-hydroxylation sites is 1. The summed E-state index contributed by atoms with van der Waals surface area (Å²) in [6, 6.07) is 5.38. The number of likely N-dealkylation sites (tertiary alicyclic amines) is 1. The van der Waals surface area contributed by atoms with Crippen molar-refractivity contribution in [3.8, 4) is 11.5 Å². The Kier molecular flexibility index (Phi) is 5.34. The van der Waals surface area contributed by atoms with Gasteiger partial charge in [-0.3, -0.25) is 14.3 Å². The first kappa shape index (κ1) is 18.8. The molecule has 1 aliphatic rings. The van der Waals surface area contributed by atoms with Crippen LogP contribution in [0, 0.1) is 5.92 Å². The van der Waals surface area contributed by atoms with Gasteiger partial charge in [-0.2, -0.15) is 5.10 Å². The summed E-state index contributed by atoms with van der Waals surface area (Å²) in [5, 5.41) is 13.8. The highest BCUT2D eigenvalue weighted by molar-refractivity contribution is 5.94. The molecule has 0 radical (unpaired) electrons. The van der Waals surface area contributed by atoms with E-state index in [2.05, 4.69) is 5.10 Å². The molecule has 2 heterocycles. The van der Waals surface area contributed by atoms with Gasteiger partial charge in [0.1, 0.15) is 0 Å². The predicted octanol–water partition coefficient (Wildman–Crippen LogP) is 1.86. The summed E-state index contributed by atoms with van der Waals surface area (Å²) in [4.78, 5) is 26.3. The number of nitrogens with zero attached hydrogens (tertiary/aromatic N) is 3. The number of amides is 1. The lowest BCUT2D eigenvalue weighted by Crippen LogP contribution is -2.29. The van der Waals surface area contributed by atoms with E-state index in [1.54, 1.807) is 27.9 Å². The first-order chi connectivity index (χ1) is 13.0. The Morgan fingerprint density at radius 1 is 1.26 bits per heavy atom. The Bertz CT molecular complexity index is 848. The quantitative estimate of drug-likeness (QED) is 0.831. The van der Waals surface area contributed by atoms with Crippen LogP contribution in [0.2, 0.25) is 0 Å². The van der Waals surface area contributed by atoms with Gasteiger partial charge >= 0.3 is 5.97 Å². The van der Waals surface area contributed by atoms with Gasteiger partial charge in [-0.1, -0.05) is 12.1 Å². The van der Waals surface area contributed by atoms with Crippen molar-refractivity contribution in [2.75, 3.05) is 27.3 Å². The van der Waals surface area contributed by atoms with E-state index in [4.69, 9.17) is 9.47 Å². The SMILES string of the molecule is CCn1cc(C(=O)N2C[C@H](C(=O)O)[C@@H](c3cccc(OC)c3OC)C2)cn1. The molecule has 144 valence electrons. The van der Waals surface area contributed by atoms with E-state index < -0.39 is 17.8 Å². The number of aromatic nitrogens is 2. The molecule has 1 aliphatic heterocycles. The number of aryl methyl sites for hydroxylation is 1. The predicted molar refractivity (Wildman–Crippen MR) is 97.2 cm³/mol. The summed E-state index contributed by atoms with van der Waals surface area (Å²) in [6.07, 6.45) is 3.19. The molecule has 27 heavy (non-hydrogen) atoms. The van der Waals surface area contributed by atoms with Crippen LogP contribution in [0.5, 0.6) is 11.5 Å². The lowest BCUT2D eigenvalue weighted by molar-refractivity contribution is -0.141. The van der Waals surface area contributed by atoms with Gasteiger partial charge in [-0.15, -0.1) is 0 Å². The molecule has 0 bridgehead atoms. The van der Waals surface area contributed by atoms with Crippen molar-refractivity contribution in [2.24, 2.45) is 5.92 Å². The fourth-order valence-electron chi connectivity index (χ4n) is 3.57. The molecule has 1 aromatic heterocycles. The van der Waals surface area contributed by atoms with E-state index >= 15 is 0 Å². The number of benzene rings is 1. The largest absolute Gasteiger partial charge is 0.493 e. The van der Waals surface area contributed by atoms with Crippen molar-refractivity contribution in [2.45, 2.75) is 19.4 Å². The summed E-state index contributed by atoms with van der Waals surface area (Å²) in [7, 11) is 3.06. The third-order valence-corrected chi connectivity index (χ3v) is 4.96. The van der Waals surface area contributed by atoms with Crippen LogP contribution in [0.25, 0.3) is 0 Å². The Hall–Kier alpha value is -3.03. The second-order valence-electron chi connectivity index (χ2n) is 6.43. The van der Waals surface area contributed by atoms with E-state index in [9.17, 15) is 14.7 Å². The summed E-state index contributed by atoms with van der Waals surface area (Å²) < 4.78 is 12.5. The number of carbonyl (C=O) groups is 2. The first-order valence-corrected chi connectivity index (χ1v) is 8.75. The van der Waals surface area contributed by atoms with Gasteiger partial charge in [0, 0.05) is 37.3 Å². The van der Waals surface area contributed by atoms with E-state index in [1.165, 1.54) is 20.4 Å². The number of aliphatic carboxylic acids is 1. The molecule has 1 saturated heterocycles. The minimum Gasteiger partial charge on any atom is -0.493 e. The Balaban J connectivity index is 1.92. The molecular formula is C19H23N3O5. The monoisotopic (exact) mass is 373 g/mol. The van der Waals surface area contributed by atoms with Crippen molar-refractivity contribution in [1.82, 2.24) is 14.7 Å². The van der Waals surface area contributed by atoms with Crippen LogP contribution < -0.4 is 9.47 Å². The van der Waals surface area contributed by atoms with Crippen molar-refractivity contribution in [1.29, 1.82) is 0 Å². The molecule has 0 unspecified atom stereocenters. The third kappa shape index (κ3) is 3.47. The molecule has 0 saturated carbocycles. The van der Waals surface area contributed by atoms with Crippen LogP contribution in [0.15, 0.2) is 30.6 Å². The fourth-order valence-corrected chi connectivity index (χ4v) is 3.57. The number of hydrogen-bond donors (Lipinski definition) is 1. The second kappa shape index (κ2) is 7.69. The van der Waals surface area contributed by atoms with Gasteiger partial charge in [0.25, 0.3) is 5.91 Å². The molecule has 0 spiro atoms. The lowest BCUT2D eigenvalue weighted by Gasteiger charge is -2.20. The molecule has 8 heteroatoms. The van der Waals surface area contributed by atoms with Gasteiger partial charge in [0.05, 0.1) is 31.9 Å². The molecule has 1 fully saturated rings. The van der Waals surface area contributed by atoms with E-state index in [0.717, 1.165) is 5.56 Å². The average molecular weight is 373 g/mol. The van der Waals surface area contributed by atoms with Crippen LogP contribution in [-0.4, -0.2) is 59.0 Å². The summed E-state index contributed by atoms with van der Waals surface area (Å²) in [5.74, 6) is -1.24. The number of carboxylic acids is 1. The van der Waals surface area contributed by atoms with Crippen LogP contribution in [0.1, 0.15) is 28.8 Å². The van der Waals surface area contributed by atoms with E-state index in [-0.39, 0.29) is 19.0 Å². The zero-order valence-corrected chi connectivity index (χ0v) is 15.6. The molecule has 8 nitrogen and oxygen atoms in total. The molecule has 2 atom stereocenters. The van der Waals surface area contributed by atoms with Gasteiger partial charge in [0.2, 0.25) is 0 Å². The van der Waals surface area contributed by atoms with Crippen molar-refractivity contribution >= 4 is 11.9 Å². The van der Waals surface area contributed by atoms with Crippen molar-refractivity contribution < 1.29 is 24.2 Å². The van der Waals surface area contributed by atoms with Gasteiger partial charge in [-0.25, -0.2) is 0 Å². The summed E-state index contributed by atoms with van der Waals surface area (Å²) in [6.45, 7) is 3.02. The first-order valence-electron chi connectivity index (χ1n) is 8.75. The molecule has 3 rings (SSSR count). The number of ether oxygens (including phenoxy) is 2. The Labute approximate surface area is 157 Å². The van der Waals surface area contributed by atoms with Crippen molar-refractivity contribution in [3.05, 3.63) is 41.7 Å². The van der Waals surface area contributed by atoms with Gasteiger partial charge < -0.3 is 19.5 Å². The highest BCUT2D eigenvalue weighted by atomic mass is 16.5. The Morgan fingerprint density at radius 3 is 2.63 bits per heavy atom. The summed E-state index contributed by atoms with van der Waals surface area (Å²) >= 11 is 0. The number of rotatable bonds is 6. The minimum absolute atomic E-state index is 0.135. The van der Waals surface area contributed by atoms with Gasteiger partial charge in [-0.05, 0) is 13.0 Å². The second-order valence-corrected chi connectivity index (χ2v) is 6.43. The topological polar surface area (TPSA) is 93.9 Å². The van der Waals surface area contributed by atoms with Crippen LogP contribution >= 0.6 is 0 Å². The smallest absolute Gasteiger partial charge is 0.308 e. The minimum atomic E-state index is -0.940. The molecule has 0 aliphatic carbocycles. The highest BCUT2D eigenvalue weighted by Crippen LogP contribution is 2.42. The zero-order chi connectivity index (χ0) is 19.6. The molecular weight excluding hydrogens is 350 g/mol. The number of carboxylic acid groups (broad SMARTS) is 1. The maximum absolute atomic E-state index is 12.8. The standard InChI is InChI=1S/C19H23N3O5/c1-4-22-9-12(8-20-22)18(23)21-10-14(15(11-21)19(24)25)13-6-5-7-16(26-2)17(13)27-3/h5-9,14-15H,4,10-11H2,1-3H3,(H,24,25)/t14-,15+/m1/s1. The molecule has 1 N–H and O–H groups in total. The Morgan fingerprint density at radius 2 is 2.04 bits per heavy atom. The van der Waals surface area contributed by atoms with Crippen LogP contribution in [-0.2, 0) is 11.3 Å². The van der Waals surface area contributed by atoms with Crippen LogP contribution in [0.4, 0.5) is 0 Å². The maximum atomic E-state index is 12.8. The van der Waals surface area contributed by atoms with E-state index in [0.29, 0.717) is 23.6 Å². The lowest BCUT2D eigenvalue weighted by atomic mass is 9.88. The maximum Gasteiger partial charge on any atom is 0.308 e. The number of methoxy groups -OCH3 is 2. The van der Waals surface area contributed by atoms with Gasteiger partial charge in [0.15, 0.2) is 11.5 Å². The van der Waals surface area contributed by atoms with Crippen LogP contribution in [0.3, 0.4) is 0 Å². The normalized spacial score (nSPS) is 19.1. The zero-order valence-electron chi connectivity index (χ0n) is 15.6. The molecule has 2 aromatic rings. The average Bonchev–Trinajstić information content (AvgIpc) is 3.33. The highest BCUT2D eigenvalue weighted by Gasteiger charge is 2.42. The molecule has 1 aromatic carbocycles. The summed E-state index contributed by atoms with van der Waals surface area (Å²) in [5.41, 5.74) is 1.18. The number of carbonyl (C=O) groups excluding carboxylic acids is 1. The molecule has 1 amide bonds. The van der Waals surface area contributed by atoms with Crippen molar-refractivity contribution in [3.63, 3.8) is 0 Å². The third-order valence-electron chi connectivity index (χ3n) is 4.96.